The molecular weight excluding hydrogens is 322 g/mol. The van der Waals surface area contributed by atoms with Crippen LogP contribution in [-0.4, -0.2) is 37.6 Å². The zero-order valence-corrected chi connectivity index (χ0v) is 13.9. The molecule has 0 saturated carbocycles. The van der Waals surface area contributed by atoms with Crippen LogP contribution in [-0.2, 0) is 14.3 Å². The van der Waals surface area contributed by atoms with Crippen LogP contribution in [0.3, 0.4) is 0 Å². The van der Waals surface area contributed by atoms with Crippen molar-refractivity contribution in [2.45, 2.75) is 26.4 Å². The third-order valence-electron chi connectivity index (χ3n) is 3.52. The van der Waals surface area contributed by atoms with Gasteiger partial charge in [0.15, 0.2) is 5.78 Å². The van der Waals surface area contributed by atoms with Crippen molar-refractivity contribution in [3.63, 3.8) is 0 Å². The van der Waals surface area contributed by atoms with Gasteiger partial charge in [0.05, 0.1) is 18.9 Å². The molecule has 0 spiro atoms. The summed E-state index contributed by atoms with van der Waals surface area (Å²) in [6, 6.07) is 4.58. The fourth-order valence-electron chi connectivity index (χ4n) is 2.46. The van der Waals surface area contributed by atoms with Gasteiger partial charge in [0, 0.05) is 17.1 Å². The molecule has 124 valence electrons. The normalized spacial score (nSPS) is 17.5. The fourth-order valence-corrected chi connectivity index (χ4v) is 2.62. The van der Waals surface area contributed by atoms with Crippen LogP contribution < -0.4 is 4.90 Å². The number of benzene rings is 1. The lowest BCUT2D eigenvalue weighted by atomic mass is 9.95. The number of rotatable bonds is 2. The number of anilines is 1. The van der Waals surface area contributed by atoms with E-state index in [4.69, 9.17) is 21.1 Å². The van der Waals surface area contributed by atoms with E-state index in [9.17, 15) is 14.4 Å². The molecule has 0 saturated heterocycles. The predicted molar refractivity (Wildman–Crippen MR) is 84.9 cm³/mol. The van der Waals surface area contributed by atoms with Crippen molar-refractivity contribution in [3.8, 4) is 0 Å². The summed E-state index contributed by atoms with van der Waals surface area (Å²) >= 11 is 6.00. The van der Waals surface area contributed by atoms with Gasteiger partial charge in [-0.25, -0.2) is 4.79 Å². The van der Waals surface area contributed by atoms with E-state index in [0.717, 1.165) is 0 Å². The Morgan fingerprint density at radius 2 is 2.04 bits per heavy atom. The van der Waals surface area contributed by atoms with Crippen LogP contribution in [0.1, 0.15) is 30.6 Å². The largest absolute Gasteiger partial charge is 0.468 e. The Labute approximate surface area is 139 Å². The van der Waals surface area contributed by atoms with Crippen LogP contribution in [0, 0.1) is 5.92 Å². The molecule has 1 atom stereocenters. The molecule has 1 heterocycles. The molecule has 1 aliphatic rings. The number of ether oxygens (including phenoxy) is 2. The molecule has 1 unspecified atom stereocenters. The Hall–Kier alpha value is -2.08. The van der Waals surface area contributed by atoms with Gasteiger partial charge in [-0.1, -0.05) is 11.6 Å². The highest BCUT2D eigenvalue weighted by Gasteiger charge is 2.36. The maximum atomic E-state index is 12.6. The highest BCUT2D eigenvalue weighted by Crippen LogP contribution is 2.32. The van der Waals surface area contributed by atoms with Crippen LogP contribution in [0.25, 0.3) is 0 Å². The second-order valence-corrected chi connectivity index (χ2v) is 5.91. The Kier molecular flexibility index (Phi) is 5.26. The van der Waals surface area contributed by atoms with Gasteiger partial charge in [-0.2, -0.15) is 0 Å². The zero-order valence-electron chi connectivity index (χ0n) is 13.2. The van der Waals surface area contributed by atoms with Crippen molar-refractivity contribution in [2.75, 3.05) is 18.6 Å². The first-order valence-corrected chi connectivity index (χ1v) is 7.62. The quantitative estimate of drug-likeness (QED) is 0.611. The molecule has 0 fully saturated rings. The molecule has 1 aromatic rings. The number of hydrogen-bond donors (Lipinski definition) is 0. The number of methoxy groups -OCH3 is 1. The number of esters is 1. The molecule has 0 bridgehead atoms. The molecule has 1 aliphatic heterocycles. The number of nitrogens with zero attached hydrogens (tertiary/aromatic N) is 1. The number of carbonyl (C=O) groups is 3. The summed E-state index contributed by atoms with van der Waals surface area (Å²) in [5.74, 6) is -1.95. The van der Waals surface area contributed by atoms with Crippen molar-refractivity contribution in [2.24, 2.45) is 5.92 Å². The number of carbonyl (C=O) groups excluding carboxylic acids is 3. The summed E-state index contributed by atoms with van der Waals surface area (Å²) in [6.45, 7) is 3.62. The topological polar surface area (TPSA) is 72.9 Å². The van der Waals surface area contributed by atoms with Crippen LogP contribution in [0.4, 0.5) is 10.5 Å². The predicted octanol–water partition coefficient (Wildman–Crippen LogP) is 3.07. The number of amides is 1. The Morgan fingerprint density at radius 1 is 1.35 bits per heavy atom. The van der Waals surface area contributed by atoms with Crippen molar-refractivity contribution in [1.82, 2.24) is 0 Å². The zero-order chi connectivity index (χ0) is 17.1. The number of halogens is 1. The Bertz CT molecular complexity index is 643. The summed E-state index contributed by atoms with van der Waals surface area (Å²) in [5, 5.41) is 0.385. The Balaban J connectivity index is 2.47. The van der Waals surface area contributed by atoms with E-state index in [1.54, 1.807) is 19.9 Å². The number of ketones is 1. The van der Waals surface area contributed by atoms with Gasteiger partial charge in [0.25, 0.3) is 0 Å². The van der Waals surface area contributed by atoms with E-state index in [2.05, 4.69) is 0 Å². The highest BCUT2D eigenvalue weighted by molar-refractivity contribution is 6.31. The second kappa shape index (κ2) is 7.00. The van der Waals surface area contributed by atoms with Crippen LogP contribution in [0.15, 0.2) is 18.2 Å². The summed E-state index contributed by atoms with van der Waals surface area (Å²) in [7, 11) is 1.23. The van der Waals surface area contributed by atoms with Gasteiger partial charge >= 0.3 is 12.1 Å². The van der Waals surface area contributed by atoms with Gasteiger partial charge in [-0.3, -0.25) is 14.5 Å². The van der Waals surface area contributed by atoms with E-state index in [1.807, 2.05) is 0 Å². The van der Waals surface area contributed by atoms with Gasteiger partial charge < -0.3 is 9.47 Å². The van der Waals surface area contributed by atoms with Crippen LogP contribution >= 0.6 is 11.6 Å². The lowest BCUT2D eigenvalue weighted by Crippen LogP contribution is -2.34. The molecule has 6 nitrogen and oxygen atoms in total. The Morgan fingerprint density at radius 3 is 2.65 bits per heavy atom. The van der Waals surface area contributed by atoms with E-state index >= 15 is 0 Å². The first kappa shape index (κ1) is 17.3. The molecule has 0 radical (unpaired) electrons. The number of hydrogen-bond acceptors (Lipinski definition) is 5. The monoisotopic (exact) mass is 339 g/mol. The molecule has 0 N–H and O–H groups in total. The molecule has 2 rings (SSSR count). The van der Waals surface area contributed by atoms with Crippen LogP contribution in [0.2, 0.25) is 5.02 Å². The molecule has 0 aromatic heterocycles. The molecular formula is C16H18ClNO5. The summed E-state index contributed by atoms with van der Waals surface area (Å²) in [6.07, 6.45) is -0.729. The van der Waals surface area contributed by atoms with Gasteiger partial charge in [-0.15, -0.1) is 0 Å². The number of fused-ring (bicyclic) bond motifs is 1. The third kappa shape index (κ3) is 3.64. The molecule has 1 aromatic carbocycles. The highest BCUT2D eigenvalue weighted by atomic mass is 35.5. The van der Waals surface area contributed by atoms with E-state index in [-0.39, 0.29) is 30.4 Å². The van der Waals surface area contributed by atoms with E-state index in [1.165, 1.54) is 24.1 Å². The SMILES string of the molecule is COC(=O)C1CCN(C(=O)OC(C)C)c2cc(Cl)ccc2C1=O. The van der Waals surface area contributed by atoms with Crippen LogP contribution in [0.5, 0.6) is 0 Å². The molecule has 1 amide bonds. The molecule has 7 heteroatoms. The first-order valence-electron chi connectivity index (χ1n) is 7.25. The second-order valence-electron chi connectivity index (χ2n) is 5.47. The smallest absolute Gasteiger partial charge is 0.414 e. The maximum absolute atomic E-state index is 12.6. The van der Waals surface area contributed by atoms with Crippen molar-refractivity contribution >= 4 is 35.1 Å². The van der Waals surface area contributed by atoms with E-state index < -0.39 is 18.0 Å². The first-order chi connectivity index (χ1) is 10.8. The maximum Gasteiger partial charge on any atom is 0.414 e. The summed E-state index contributed by atoms with van der Waals surface area (Å²) in [5.41, 5.74) is 0.600. The van der Waals surface area contributed by atoms with E-state index in [0.29, 0.717) is 10.7 Å². The van der Waals surface area contributed by atoms with Crippen molar-refractivity contribution in [1.29, 1.82) is 0 Å². The van der Waals surface area contributed by atoms with Gasteiger partial charge in [-0.05, 0) is 38.5 Å². The third-order valence-corrected chi connectivity index (χ3v) is 3.75. The number of Topliss-reactive ketones (excluding diaryl/α,β-unsaturated/α-hetero) is 1. The average molecular weight is 340 g/mol. The average Bonchev–Trinajstić information content (AvgIpc) is 2.62. The minimum Gasteiger partial charge on any atom is -0.468 e. The van der Waals surface area contributed by atoms with Gasteiger partial charge in [0.2, 0.25) is 0 Å². The summed E-state index contributed by atoms with van der Waals surface area (Å²) < 4.78 is 9.91. The molecule has 23 heavy (non-hydrogen) atoms. The minimum atomic E-state index is -0.947. The van der Waals surface area contributed by atoms with Crippen molar-refractivity contribution in [3.05, 3.63) is 28.8 Å². The van der Waals surface area contributed by atoms with Crippen molar-refractivity contribution < 1.29 is 23.9 Å². The minimum absolute atomic E-state index is 0.157. The fraction of sp³-hybridized carbons (Fsp3) is 0.438. The lowest BCUT2D eigenvalue weighted by molar-refractivity contribution is -0.143. The van der Waals surface area contributed by atoms with Gasteiger partial charge in [0.1, 0.15) is 5.92 Å². The lowest BCUT2D eigenvalue weighted by Gasteiger charge is -2.23. The standard InChI is InChI=1S/C16H18ClNO5/c1-9(2)23-16(21)18-7-6-12(15(20)22-3)14(19)11-5-4-10(17)8-13(11)18/h4-5,8-9,12H,6-7H2,1-3H3. The molecule has 0 aliphatic carbocycles. The summed E-state index contributed by atoms with van der Waals surface area (Å²) in [4.78, 5) is 38.1.